The minimum absolute atomic E-state index is 0.225. The Morgan fingerprint density at radius 2 is 2.25 bits per heavy atom. The van der Waals surface area contributed by atoms with E-state index < -0.39 is 0 Å². The zero-order chi connectivity index (χ0) is 11.8. The minimum Gasteiger partial charge on any atom is -0.396 e. The monoisotopic (exact) mass is 303 g/mol. The fourth-order valence-corrected chi connectivity index (χ4v) is 2.58. The second-order valence-electron chi connectivity index (χ2n) is 3.50. The van der Waals surface area contributed by atoms with Crippen molar-refractivity contribution in [2.24, 2.45) is 0 Å². The molecule has 0 unspecified atom stereocenters. The third-order valence-corrected chi connectivity index (χ3v) is 3.70. The van der Waals surface area contributed by atoms with E-state index in [-0.39, 0.29) is 6.61 Å². The number of rotatable bonds is 7. The molecule has 0 spiro atoms. The predicted octanol–water partition coefficient (Wildman–Crippen LogP) is 3.03. The molecular weight excluding hydrogens is 286 g/mol. The van der Waals surface area contributed by atoms with Crippen LogP contribution in [0, 0.1) is 0 Å². The van der Waals surface area contributed by atoms with Crippen molar-refractivity contribution >= 4 is 27.7 Å². The van der Waals surface area contributed by atoms with E-state index in [1.54, 1.807) is 11.8 Å². The lowest BCUT2D eigenvalue weighted by molar-refractivity contribution is 0.322. The summed E-state index contributed by atoms with van der Waals surface area (Å²) in [6, 6.07) is 6.29. The molecule has 0 aliphatic rings. The fraction of sp³-hybridized carbons (Fsp3) is 0.500. The molecule has 2 N–H and O–H groups in total. The fourth-order valence-electron chi connectivity index (χ4n) is 1.38. The number of thioether (sulfide) groups is 1. The summed E-state index contributed by atoms with van der Waals surface area (Å²) in [5.41, 5.74) is 1.29. The van der Waals surface area contributed by atoms with Crippen molar-refractivity contribution in [2.45, 2.75) is 24.8 Å². The third kappa shape index (κ3) is 4.87. The van der Waals surface area contributed by atoms with Gasteiger partial charge in [-0.3, -0.25) is 0 Å². The number of aliphatic hydroxyl groups excluding tert-OH is 1. The molecule has 90 valence electrons. The van der Waals surface area contributed by atoms with Crippen molar-refractivity contribution in [3.05, 3.63) is 28.2 Å². The Morgan fingerprint density at radius 3 is 2.94 bits per heavy atom. The highest BCUT2D eigenvalue weighted by atomic mass is 79.9. The predicted molar refractivity (Wildman–Crippen MR) is 73.9 cm³/mol. The molecule has 0 saturated carbocycles. The second kappa shape index (κ2) is 8.12. The molecule has 0 amide bonds. The van der Waals surface area contributed by atoms with E-state index in [1.165, 1.54) is 10.5 Å². The van der Waals surface area contributed by atoms with Crippen LogP contribution in [0.5, 0.6) is 0 Å². The molecule has 4 heteroatoms. The van der Waals surface area contributed by atoms with Gasteiger partial charge in [0.05, 0.1) is 6.61 Å². The number of benzene rings is 1. The lowest BCUT2D eigenvalue weighted by atomic mass is 10.2. The quantitative estimate of drug-likeness (QED) is 0.600. The minimum atomic E-state index is 0.225. The molecule has 0 saturated heterocycles. The maximum Gasteiger partial charge on any atom is 0.0525 e. The molecule has 1 aromatic carbocycles. The van der Waals surface area contributed by atoms with Gasteiger partial charge in [0.1, 0.15) is 0 Å². The van der Waals surface area contributed by atoms with E-state index in [4.69, 9.17) is 5.11 Å². The summed E-state index contributed by atoms with van der Waals surface area (Å²) in [5.74, 6) is 0.752. The highest BCUT2D eigenvalue weighted by Gasteiger charge is 2.03. The first kappa shape index (κ1) is 14.0. The van der Waals surface area contributed by atoms with Crippen LogP contribution in [-0.4, -0.2) is 24.0 Å². The average Bonchev–Trinajstić information content (AvgIpc) is 2.28. The molecule has 2 nitrogen and oxygen atoms in total. The van der Waals surface area contributed by atoms with E-state index in [2.05, 4.69) is 40.3 Å². The number of halogens is 1. The Hall–Kier alpha value is -0.0300. The molecule has 0 aliphatic carbocycles. The largest absolute Gasteiger partial charge is 0.396 e. The van der Waals surface area contributed by atoms with Crippen LogP contribution in [0.25, 0.3) is 0 Å². The first-order valence-corrected chi connectivity index (χ1v) is 7.28. The molecule has 0 bridgehead atoms. The number of aliphatic hydroxyl groups is 1. The molecule has 0 fully saturated rings. The Balaban J connectivity index is 2.65. The highest BCUT2D eigenvalue weighted by Crippen LogP contribution is 2.25. The second-order valence-corrected chi connectivity index (χ2v) is 5.55. The summed E-state index contributed by atoms with van der Waals surface area (Å²) in [6.45, 7) is 4.32. The van der Waals surface area contributed by atoms with Crippen LogP contribution in [0.4, 0.5) is 0 Å². The normalized spacial score (nSPS) is 10.7. The van der Waals surface area contributed by atoms with Crippen LogP contribution in [0.3, 0.4) is 0 Å². The SMILES string of the molecule is CCCNCc1cc(Br)ccc1SCCO. The van der Waals surface area contributed by atoms with Crippen molar-refractivity contribution in [2.75, 3.05) is 18.9 Å². The van der Waals surface area contributed by atoms with Crippen LogP contribution >= 0.6 is 27.7 Å². The standard InChI is InChI=1S/C12H18BrNOS/c1-2-5-14-9-10-8-11(13)3-4-12(10)16-7-6-15/h3-4,8,14-15H,2,5-7,9H2,1H3. The maximum absolute atomic E-state index is 8.84. The first-order chi connectivity index (χ1) is 7.77. The van der Waals surface area contributed by atoms with Crippen LogP contribution < -0.4 is 5.32 Å². The van der Waals surface area contributed by atoms with E-state index in [1.807, 2.05) is 6.07 Å². The van der Waals surface area contributed by atoms with Gasteiger partial charge >= 0.3 is 0 Å². The van der Waals surface area contributed by atoms with Crippen molar-refractivity contribution in [1.82, 2.24) is 5.32 Å². The smallest absolute Gasteiger partial charge is 0.0525 e. The summed E-state index contributed by atoms with van der Waals surface area (Å²) >= 11 is 5.19. The van der Waals surface area contributed by atoms with E-state index in [0.29, 0.717) is 0 Å². The zero-order valence-electron chi connectivity index (χ0n) is 9.50. The molecule has 0 aliphatic heterocycles. The van der Waals surface area contributed by atoms with Crippen LogP contribution in [0.15, 0.2) is 27.6 Å². The van der Waals surface area contributed by atoms with Crippen molar-refractivity contribution < 1.29 is 5.11 Å². The molecule has 0 heterocycles. The Labute approximate surface area is 110 Å². The van der Waals surface area contributed by atoms with Crippen molar-refractivity contribution in [1.29, 1.82) is 0 Å². The number of nitrogens with one attached hydrogen (secondary N) is 1. The molecular formula is C12H18BrNOS. The first-order valence-electron chi connectivity index (χ1n) is 5.50. The molecule has 0 radical (unpaired) electrons. The summed E-state index contributed by atoms with van der Waals surface area (Å²) in [6.07, 6.45) is 1.15. The Kier molecular flexibility index (Phi) is 7.12. The maximum atomic E-state index is 8.84. The van der Waals surface area contributed by atoms with E-state index in [9.17, 15) is 0 Å². The van der Waals surface area contributed by atoms with Crippen molar-refractivity contribution in [3.63, 3.8) is 0 Å². The van der Waals surface area contributed by atoms with Gasteiger partial charge in [0.15, 0.2) is 0 Å². The average molecular weight is 304 g/mol. The molecule has 0 atom stereocenters. The Morgan fingerprint density at radius 1 is 1.44 bits per heavy atom. The van der Waals surface area contributed by atoms with E-state index in [0.717, 1.165) is 29.7 Å². The van der Waals surface area contributed by atoms with Crippen LogP contribution in [-0.2, 0) is 6.54 Å². The lowest BCUT2D eigenvalue weighted by Gasteiger charge is -2.10. The number of hydrogen-bond acceptors (Lipinski definition) is 3. The molecule has 1 aromatic rings. The van der Waals surface area contributed by atoms with Gasteiger partial charge < -0.3 is 10.4 Å². The van der Waals surface area contributed by atoms with Crippen LogP contribution in [0.2, 0.25) is 0 Å². The van der Waals surface area contributed by atoms with Crippen LogP contribution in [0.1, 0.15) is 18.9 Å². The Bertz CT molecular complexity index is 320. The van der Waals surface area contributed by atoms with Gasteiger partial charge in [-0.25, -0.2) is 0 Å². The molecule has 0 aromatic heterocycles. The van der Waals surface area contributed by atoms with Gasteiger partial charge in [0.2, 0.25) is 0 Å². The highest BCUT2D eigenvalue weighted by molar-refractivity contribution is 9.10. The molecule has 1 rings (SSSR count). The van der Waals surface area contributed by atoms with Gasteiger partial charge in [-0.15, -0.1) is 11.8 Å². The van der Waals surface area contributed by atoms with Crippen molar-refractivity contribution in [3.8, 4) is 0 Å². The van der Waals surface area contributed by atoms with Gasteiger partial charge in [0, 0.05) is 21.7 Å². The van der Waals surface area contributed by atoms with E-state index >= 15 is 0 Å². The van der Waals surface area contributed by atoms with Gasteiger partial charge in [-0.1, -0.05) is 22.9 Å². The topological polar surface area (TPSA) is 32.3 Å². The molecule has 16 heavy (non-hydrogen) atoms. The zero-order valence-corrected chi connectivity index (χ0v) is 11.9. The van der Waals surface area contributed by atoms with Gasteiger partial charge in [0.25, 0.3) is 0 Å². The lowest BCUT2D eigenvalue weighted by Crippen LogP contribution is -2.14. The van der Waals surface area contributed by atoms with Gasteiger partial charge in [-0.05, 0) is 36.7 Å². The summed E-state index contributed by atoms with van der Waals surface area (Å²) in [4.78, 5) is 1.25. The van der Waals surface area contributed by atoms with Gasteiger partial charge in [-0.2, -0.15) is 0 Å². The summed E-state index contributed by atoms with van der Waals surface area (Å²) in [7, 11) is 0. The summed E-state index contributed by atoms with van der Waals surface area (Å²) in [5, 5.41) is 12.2. The number of hydrogen-bond donors (Lipinski definition) is 2. The third-order valence-electron chi connectivity index (χ3n) is 2.11. The summed E-state index contributed by atoms with van der Waals surface area (Å²) < 4.78 is 1.11.